The first-order valence-corrected chi connectivity index (χ1v) is 8.37. The number of nitro benzene ring substituents is 1. The number of carbonyl (C=O) groups excluding carboxylic acids is 1. The number of nitrogens with one attached hydrogen (secondary N) is 1. The Morgan fingerprint density at radius 3 is 2.78 bits per heavy atom. The van der Waals surface area contributed by atoms with E-state index in [2.05, 4.69) is 26.5 Å². The summed E-state index contributed by atoms with van der Waals surface area (Å²) in [5.41, 5.74) is 3.01. The van der Waals surface area contributed by atoms with Crippen molar-refractivity contribution in [2.45, 2.75) is 6.92 Å². The molecule has 0 spiro atoms. The fraction of sp³-hybridized carbons (Fsp3) is 0.176. The van der Waals surface area contributed by atoms with E-state index in [0.29, 0.717) is 15.6 Å². The van der Waals surface area contributed by atoms with E-state index < -0.39 is 17.4 Å². The average molecular weight is 438 g/mol. The third-order valence-corrected chi connectivity index (χ3v) is 3.81. The number of amides is 1. The molecule has 0 bridgehead atoms. The first-order valence-electron chi connectivity index (χ1n) is 7.58. The van der Waals surface area contributed by atoms with Crippen molar-refractivity contribution < 1.29 is 24.3 Å². The zero-order chi connectivity index (χ0) is 20.0. The number of ether oxygens (including phenoxy) is 2. The first-order chi connectivity index (χ1) is 12.8. The zero-order valence-electron chi connectivity index (χ0n) is 14.4. The van der Waals surface area contributed by atoms with Gasteiger partial charge in [0.1, 0.15) is 0 Å². The van der Waals surface area contributed by atoms with Gasteiger partial charge in [-0.3, -0.25) is 14.9 Å². The lowest BCUT2D eigenvalue weighted by atomic mass is 10.2. The normalized spacial score (nSPS) is 10.6. The zero-order valence-corrected chi connectivity index (χ0v) is 16.0. The maximum absolute atomic E-state index is 11.8. The molecule has 0 unspecified atom stereocenters. The summed E-state index contributed by atoms with van der Waals surface area (Å²) in [6.45, 7) is 1.25. The van der Waals surface area contributed by atoms with Gasteiger partial charge in [0.15, 0.2) is 23.9 Å². The number of nitro groups is 1. The minimum atomic E-state index is -0.623. The molecule has 2 aromatic carbocycles. The van der Waals surface area contributed by atoms with Crippen LogP contribution < -0.4 is 14.9 Å². The molecular weight excluding hydrogens is 422 g/mol. The predicted molar refractivity (Wildman–Crippen MR) is 101 cm³/mol. The highest BCUT2D eigenvalue weighted by Gasteiger charge is 2.16. The van der Waals surface area contributed by atoms with E-state index in [0.717, 1.165) is 0 Å². The summed E-state index contributed by atoms with van der Waals surface area (Å²) in [6.07, 6.45) is 1.23. The molecular formula is C17H16BrN3O6. The van der Waals surface area contributed by atoms with E-state index in [9.17, 15) is 20.0 Å². The topological polar surface area (TPSA) is 123 Å². The fourth-order valence-corrected chi connectivity index (χ4v) is 2.54. The number of rotatable bonds is 7. The van der Waals surface area contributed by atoms with E-state index in [1.807, 2.05) is 0 Å². The van der Waals surface area contributed by atoms with Gasteiger partial charge in [0, 0.05) is 16.1 Å². The highest BCUT2D eigenvalue weighted by molar-refractivity contribution is 9.10. The summed E-state index contributed by atoms with van der Waals surface area (Å²) >= 11 is 3.27. The number of phenols is 1. The Morgan fingerprint density at radius 1 is 1.37 bits per heavy atom. The second-order valence-electron chi connectivity index (χ2n) is 5.36. The molecule has 27 heavy (non-hydrogen) atoms. The lowest BCUT2D eigenvalue weighted by Gasteiger charge is -2.07. The number of methoxy groups -OCH3 is 1. The summed E-state index contributed by atoms with van der Waals surface area (Å²) in [5, 5.41) is 24.7. The van der Waals surface area contributed by atoms with E-state index in [4.69, 9.17) is 9.47 Å². The number of phenolic OH excluding ortho intramolecular Hbond substituents is 1. The number of hydrogen-bond acceptors (Lipinski definition) is 7. The Labute approximate surface area is 162 Å². The molecule has 0 radical (unpaired) electrons. The Kier molecular flexibility index (Phi) is 6.72. The summed E-state index contributed by atoms with van der Waals surface area (Å²) < 4.78 is 10.9. The molecule has 10 heteroatoms. The van der Waals surface area contributed by atoms with Crippen molar-refractivity contribution in [3.8, 4) is 17.2 Å². The molecule has 142 valence electrons. The first kappa shape index (κ1) is 20.2. The van der Waals surface area contributed by atoms with Crippen molar-refractivity contribution in [2.75, 3.05) is 13.7 Å². The minimum absolute atomic E-state index is 0.0147. The van der Waals surface area contributed by atoms with Gasteiger partial charge in [-0.2, -0.15) is 5.10 Å². The lowest BCUT2D eigenvalue weighted by molar-refractivity contribution is -0.385. The number of aryl methyl sites for hydroxylation is 1. The van der Waals surface area contributed by atoms with E-state index >= 15 is 0 Å². The van der Waals surface area contributed by atoms with Gasteiger partial charge in [0.05, 0.1) is 18.2 Å². The van der Waals surface area contributed by atoms with Gasteiger partial charge in [0.2, 0.25) is 0 Å². The van der Waals surface area contributed by atoms with Gasteiger partial charge in [0.25, 0.3) is 5.91 Å². The number of hydrogen-bond donors (Lipinski definition) is 2. The van der Waals surface area contributed by atoms with Crippen molar-refractivity contribution in [3.63, 3.8) is 0 Å². The van der Waals surface area contributed by atoms with Crippen LogP contribution in [0.4, 0.5) is 5.69 Å². The molecule has 0 aliphatic rings. The molecule has 0 aliphatic carbocycles. The maximum Gasteiger partial charge on any atom is 0.311 e. The van der Waals surface area contributed by atoms with Crippen molar-refractivity contribution in [1.29, 1.82) is 0 Å². The van der Waals surface area contributed by atoms with Crippen LogP contribution in [0.1, 0.15) is 11.1 Å². The Bertz CT molecular complexity index is 900. The van der Waals surface area contributed by atoms with Crippen molar-refractivity contribution >= 4 is 33.7 Å². The summed E-state index contributed by atoms with van der Waals surface area (Å²) in [7, 11) is 1.41. The van der Waals surface area contributed by atoms with Crippen LogP contribution in [0.2, 0.25) is 0 Å². The van der Waals surface area contributed by atoms with Crippen LogP contribution in [0, 0.1) is 17.0 Å². The molecule has 0 aromatic heterocycles. The Morgan fingerprint density at radius 2 is 2.11 bits per heavy atom. The Balaban J connectivity index is 1.99. The number of halogens is 1. The van der Waals surface area contributed by atoms with Crippen molar-refractivity contribution in [1.82, 2.24) is 5.43 Å². The SMILES string of the molecule is COc1cc(Br)cc(C=NNC(=O)COc2ccc(C)cc2[N+](=O)[O-])c1O. The number of carbonyl (C=O) groups is 1. The predicted octanol–water partition coefficient (Wildman–Crippen LogP) is 2.91. The molecule has 2 N–H and O–H groups in total. The second-order valence-corrected chi connectivity index (χ2v) is 6.27. The standard InChI is InChI=1S/C17H16BrN3O6/c1-10-3-4-14(13(5-10)21(24)25)27-9-16(22)20-19-8-11-6-12(18)7-15(26-2)17(11)23/h3-8,23H,9H2,1-2H3,(H,20,22). The third kappa shape index (κ3) is 5.42. The molecule has 0 heterocycles. The van der Waals surface area contributed by atoms with Crippen LogP contribution in [-0.4, -0.2) is 35.9 Å². The summed E-state index contributed by atoms with van der Waals surface area (Å²) in [6, 6.07) is 7.58. The van der Waals surface area contributed by atoms with Crippen LogP contribution >= 0.6 is 15.9 Å². The monoisotopic (exact) mass is 437 g/mol. The number of hydrazone groups is 1. The molecule has 2 aromatic rings. The number of nitrogens with zero attached hydrogens (tertiary/aromatic N) is 2. The van der Waals surface area contributed by atoms with E-state index in [-0.39, 0.29) is 22.9 Å². The summed E-state index contributed by atoms with van der Waals surface area (Å²) in [4.78, 5) is 22.3. The molecule has 0 atom stereocenters. The Hall–Kier alpha value is -3.14. The van der Waals surface area contributed by atoms with Gasteiger partial charge < -0.3 is 14.6 Å². The van der Waals surface area contributed by atoms with Crippen molar-refractivity contribution in [3.05, 3.63) is 56.0 Å². The molecule has 1 amide bonds. The molecule has 0 fully saturated rings. The van der Waals surface area contributed by atoms with Gasteiger partial charge in [-0.05, 0) is 30.7 Å². The third-order valence-electron chi connectivity index (χ3n) is 3.35. The van der Waals surface area contributed by atoms with E-state index in [1.54, 1.807) is 25.1 Å². The molecule has 0 saturated heterocycles. The summed E-state index contributed by atoms with van der Waals surface area (Å²) in [5.74, 6) is -0.529. The van der Waals surface area contributed by atoms with Crippen LogP contribution in [0.3, 0.4) is 0 Å². The average Bonchev–Trinajstić information content (AvgIpc) is 2.63. The van der Waals surface area contributed by atoms with E-state index in [1.165, 1.54) is 25.5 Å². The van der Waals surface area contributed by atoms with Gasteiger partial charge in [-0.1, -0.05) is 22.0 Å². The molecule has 9 nitrogen and oxygen atoms in total. The highest BCUT2D eigenvalue weighted by Crippen LogP contribution is 2.32. The van der Waals surface area contributed by atoms with Gasteiger partial charge >= 0.3 is 5.69 Å². The van der Waals surface area contributed by atoms with Crippen LogP contribution in [0.15, 0.2) is 39.9 Å². The van der Waals surface area contributed by atoms with Gasteiger partial charge in [-0.15, -0.1) is 0 Å². The number of benzene rings is 2. The van der Waals surface area contributed by atoms with Gasteiger partial charge in [-0.25, -0.2) is 5.43 Å². The lowest BCUT2D eigenvalue weighted by Crippen LogP contribution is -2.24. The quantitative estimate of drug-likeness (QED) is 0.389. The fourth-order valence-electron chi connectivity index (χ4n) is 2.09. The smallest absolute Gasteiger partial charge is 0.311 e. The van der Waals surface area contributed by atoms with Crippen molar-refractivity contribution in [2.24, 2.45) is 5.10 Å². The van der Waals surface area contributed by atoms with Crippen LogP contribution in [0.5, 0.6) is 17.2 Å². The largest absolute Gasteiger partial charge is 0.504 e. The molecule has 0 saturated carbocycles. The van der Waals surface area contributed by atoms with Crippen LogP contribution in [-0.2, 0) is 4.79 Å². The maximum atomic E-state index is 11.8. The second kappa shape index (κ2) is 8.99. The highest BCUT2D eigenvalue weighted by atomic mass is 79.9. The molecule has 2 rings (SSSR count). The number of aromatic hydroxyl groups is 1. The minimum Gasteiger partial charge on any atom is -0.504 e. The molecule has 0 aliphatic heterocycles. The van der Waals surface area contributed by atoms with Crippen LogP contribution in [0.25, 0.3) is 0 Å².